The molecule has 1 saturated heterocycles. The number of hydrogen-bond acceptors (Lipinski definition) is 5. The highest BCUT2D eigenvalue weighted by molar-refractivity contribution is 7.91. The standard InChI is InChI=1S/C15H26N2O2S2/c1-10(2)16-8-12-13(15(3,4)5)17-14(20-12)11-6-7-21(18,19)9-11/h10-11,16H,6-9H2,1-5H3. The van der Waals surface area contributed by atoms with Crippen molar-refractivity contribution < 1.29 is 8.42 Å². The van der Waals surface area contributed by atoms with Crippen LogP contribution < -0.4 is 5.32 Å². The lowest BCUT2D eigenvalue weighted by Gasteiger charge is -2.18. The largest absolute Gasteiger partial charge is 0.310 e. The van der Waals surface area contributed by atoms with Crippen molar-refractivity contribution in [1.29, 1.82) is 0 Å². The van der Waals surface area contributed by atoms with Gasteiger partial charge in [0.15, 0.2) is 9.84 Å². The number of nitrogens with one attached hydrogen (secondary N) is 1. The monoisotopic (exact) mass is 330 g/mol. The van der Waals surface area contributed by atoms with E-state index in [-0.39, 0.29) is 17.1 Å². The Balaban J connectivity index is 2.28. The van der Waals surface area contributed by atoms with Crippen LogP contribution in [-0.4, -0.2) is 30.9 Å². The van der Waals surface area contributed by atoms with E-state index >= 15 is 0 Å². The molecule has 0 spiro atoms. The number of rotatable bonds is 4. The van der Waals surface area contributed by atoms with E-state index in [9.17, 15) is 8.42 Å². The van der Waals surface area contributed by atoms with Crippen molar-refractivity contribution in [2.24, 2.45) is 0 Å². The summed E-state index contributed by atoms with van der Waals surface area (Å²) in [5.41, 5.74) is 1.10. The molecule has 2 heterocycles. The van der Waals surface area contributed by atoms with Gasteiger partial charge in [0.1, 0.15) is 0 Å². The van der Waals surface area contributed by atoms with E-state index in [1.807, 2.05) is 0 Å². The molecule has 1 fully saturated rings. The molecular formula is C15H26N2O2S2. The highest BCUT2D eigenvalue weighted by atomic mass is 32.2. The molecule has 0 radical (unpaired) electrons. The van der Waals surface area contributed by atoms with Crippen molar-refractivity contribution in [2.45, 2.75) is 65.0 Å². The van der Waals surface area contributed by atoms with Gasteiger partial charge in [-0.25, -0.2) is 13.4 Å². The average molecular weight is 331 g/mol. The van der Waals surface area contributed by atoms with E-state index in [4.69, 9.17) is 4.98 Å². The first-order valence-corrected chi connectivity index (χ1v) is 10.2. The van der Waals surface area contributed by atoms with Crippen molar-refractivity contribution >= 4 is 21.2 Å². The lowest BCUT2D eigenvalue weighted by atomic mass is 9.91. The quantitative estimate of drug-likeness (QED) is 0.922. The number of sulfone groups is 1. The van der Waals surface area contributed by atoms with Gasteiger partial charge < -0.3 is 5.32 Å². The Bertz CT molecular complexity index is 598. The van der Waals surface area contributed by atoms with Crippen LogP contribution in [0.1, 0.15) is 62.5 Å². The Labute approximate surface area is 132 Å². The van der Waals surface area contributed by atoms with E-state index < -0.39 is 9.84 Å². The summed E-state index contributed by atoms with van der Waals surface area (Å²) in [6, 6.07) is 0.426. The minimum atomic E-state index is -2.86. The molecule has 0 aromatic carbocycles. The molecule has 1 unspecified atom stereocenters. The van der Waals surface area contributed by atoms with E-state index in [1.54, 1.807) is 11.3 Å². The second-order valence-corrected chi connectivity index (χ2v) is 10.6. The topological polar surface area (TPSA) is 59.1 Å². The fraction of sp³-hybridized carbons (Fsp3) is 0.800. The Morgan fingerprint density at radius 1 is 1.38 bits per heavy atom. The normalized spacial score (nSPS) is 22.1. The summed E-state index contributed by atoms with van der Waals surface area (Å²) in [5, 5.41) is 4.45. The van der Waals surface area contributed by atoms with Crippen LogP contribution >= 0.6 is 11.3 Å². The molecule has 6 heteroatoms. The zero-order valence-corrected chi connectivity index (χ0v) is 15.2. The van der Waals surface area contributed by atoms with Gasteiger partial charge in [-0.3, -0.25) is 0 Å². The Hall–Kier alpha value is -0.460. The molecule has 0 aliphatic carbocycles. The first-order chi connectivity index (χ1) is 9.58. The maximum Gasteiger partial charge on any atom is 0.151 e. The van der Waals surface area contributed by atoms with E-state index in [1.165, 1.54) is 4.88 Å². The smallest absolute Gasteiger partial charge is 0.151 e. The van der Waals surface area contributed by atoms with Gasteiger partial charge in [-0.1, -0.05) is 34.6 Å². The van der Waals surface area contributed by atoms with E-state index in [2.05, 4.69) is 39.9 Å². The molecular weight excluding hydrogens is 304 g/mol. The highest BCUT2D eigenvalue weighted by Crippen LogP contribution is 2.36. The molecule has 4 nitrogen and oxygen atoms in total. The summed E-state index contributed by atoms with van der Waals surface area (Å²) in [7, 11) is -2.86. The lowest BCUT2D eigenvalue weighted by Crippen LogP contribution is -2.23. The summed E-state index contributed by atoms with van der Waals surface area (Å²) in [5.74, 6) is 0.664. The van der Waals surface area contributed by atoms with Crippen molar-refractivity contribution in [3.63, 3.8) is 0 Å². The molecule has 0 bridgehead atoms. The van der Waals surface area contributed by atoms with Crippen LogP contribution in [-0.2, 0) is 21.8 Å². The summed E-state index contributed by atoms with van der Waals surface area (Å²) in [6.45, 7) is 11.5. The fourth-order valence-electron chi connectivity index (χ4n) is 2.54. The van der Waals surface area contributed by atoms with Gasteiger partial charge in [-0.2, -0.15) is 0 Å². The molecule has 120 valence electrons. The number of nitrogens with zero attached hydrogens (tertiary/aromatic N) is 1. The van der Waals surface area contributed by atoms with Gasteiger partial charge in [0.25, 0.3) is 0 Å². The molecule has 0 saturated carbocycles. The number of thiazole rings is 1. The second kappa shape index (κ2) is 5.97. The predicted molar refractivity (Wildman–Crippen MR) is 88.8 cm³/mol. The summed E-state index contributed by atoms with van der Waals surface area (Å²) in [4.78, 5) is 6.07. The molecule has 1 aromatic heterocycles. The van der Waals surface area contributed by atoms with Crippen LogP contribution in [0.3, 0.4) is 0 Å². The third kappa shape index (κ3) is 4.27. The van der Waals surface area contributed by atoms with Gasteiger partial charge >= 0.3 is 0 Å². The van der Waals surface area contributed by atoms with Gasteiger partial charge in [0.2, 0.25) is 0 Å². The maximum absolute atomic E-state index is 11.7. The maximum atomic E-state index is 11.7. The van der Waals surface area contributed by atoms with Crippen LogP contribution in [0.25, 0.3) is 0 Å². The van der Waals surface area contributed by atoms with Gasteiger partial charge in [0, 0.05) is 28.8 Å². The van der Waals surface area contributed by atoms with E-state index in [0.717, 1.165) is 23.7 Å². The molecule has 1 aromatic rings. The first kappa shape index (κ1) is 16.9. The summed E-state index contributed by atoms with van der Waals surface area (Å²) < 4.78 is 23.4. The molecule has 1 aliphatic rings. The Morgan fingerprint density at radius 2 is 2.05 bits per heavy atom. The van der Waals surface area contributed by atoms with Crippen LogP contribution in [0.15, 0.2) is 0 Å². The summed E-state index contributed by atoms with van der Waals surface area (Å²) in [6.07, 6.45) is 0.719. The Kier molecular flexibility index (Phi) is 4.81. The van der Waals surface area contributed by atoms with Crippen LogP contribution in [0, 0.1) is 0 Å². The van der Waals surface area contributed by atoms with Crippen molar-refractivity contribution in [1.82, 2.24) is 10.3 Å². The SMILES string of the molecule is CC(C)NCc1sc(C2CCS(=O)(=O)C2)nc1C(C)(C)C. The van der Waals surface area contributed by atoms with Crippen molar-refractivity contribution in [3.8, 4) is 0 Å². The van der Waals surface area contributed by atoms with Crippen LogP contribution in [0.2, 0.25) is 0 Å². The van der Waals surface area contributed by atoms with Crippen LogP contribution in [0.5, 0.6) is 0 Å². The van der Waals surface area contributed by atoms with Gasteiger partial charge in [-0.15, -0.1) is 11.3 Å². The van der Waals surface area contributed by atoms with Crippen LogP contribution in [0.4, 0.5) is 0 Å². The number of hydrogen-bond donors (Lipinski definition) is 1. The summed E-state index contributed by atoms with van der Waals surface area (Å²) >= 11 is 1.69. The van der Waals surface area contributed by atoms with Gasteiger partial charge in [0.05, 0.1) is 22.2 Å². The molecule has 1 N–H and O–H groups in total. The fourth-order valence-corrected chi connectivity index (χ4v) is 5.75. The molecule has 21 heavy (non-hydrogen) atoms. The third-order valence-electron chi connectivity index (χ3n) is 3.68. The van der Waals surface area contributed by atoms with Crippen molar-refractivity contribution in [3.05, 3.63) is 15.6 Å². The highest BCUT2D eigenvalue weighted by Gasteiger charge is 2.33. The molecule has 1 aliphatic heterocycles. The minimum absolute atomic E-state index is 0.0137. The first-order valence-electron chi connectivity index (χ1n) is 7.52. The van der Waals surface area contributed by atoms with Crippen molar-refractivity contribution in [2.75, 3.05) is 11.5 Å². The number of aromatic nitrogens is 1. The Morgan fingerprint density at radius 3 is 2.52 bits per heavy atom. The zero-order chi connectivity index (χ0) is 15.8. The molecule has 0 amide bonds. The van der Waals surface area contributed by atoms with Gasteiger partial charge in [-0.05, 0) is 6.42 Å². The molecule has 1 atom stereocenters. The lowest BCUT2D eigenvalue weighted by molar-refractivity contribution is 0.543. The zero-order valence-electron chi connectivity index (χ0n) is 13.6. The minimum Gasteiger partial charge on any atom is -0.310 e. The third-order valence-corrected chi connectivity index (χ3v) is 6.66. The van der Waals surface area contributed by atoms with E-state index in [0.29, 0.717) is 11.8 Å². The predicted octanol–water partition coefficient (Wildman–Crippen LogP) is 2.84. The second-order valence-electron chi connectivity index (χ2n) is 7.21. The average Bonchev–Trinajstić information content (AvgIpc) is 2.89. The molecule has 2 rings (SSSR count).